The van der Waals surface area contributed by atoms with Gasteiger partial charge >= 0.3 is 0 Å². The van der Waals surface area contributed by atoms with E-state index in [1.54, 1.807) is 6.07 Å². The summed E-state index contributed by atoms with van der Waals surface area (Å²) >= 11 is 0. The fourth-order valence-electron chi connectivity index (χ4n) is 1.87. The van der Waals surface area contributed by atoms with Gasteiger partial charge in [-0.15, -0.1) is 0 Å². The van der Waals surface area contributed by atoms with Gasteiger partial charge in [0, 0.05) is 24.3 Å². The van der Waals surface area contributed by atoms with E-state index < -0.39 is 6.43 Å². The largest absolute Gasteiger partial charge is 0.307 e. The van der Waals surface area contributed by atoms with Crippen LogP contribution in [0.4, 0.5) is 8.78 Å². The van der Waals surface area contributed by atoms with Crippen molar-refractivity contribution < 1.29 is 8.78 Å². The lowest BCUT2D eigenvalue weighted by Crippen LogP contribution is -2.14. The normalized spacial score (nSPS) is 10.9. The van der Waals surface area contributed by atoms with Crippen LogP contribution < -0.4 is 5.32 Å². The van der Waals surface area contributed by atoms with Gasteiger partial charge in [0.15, 0.2) is 0 Å². The van der Waals surface area contributed by atoms with Crippen LogP contribution >= 0.6 is 0 Å². The number of halogens is 2. The highest BCUT2D eigenvalue weighted by Crippen LogP contribution is 2.19. The van der Waals surface area contributed by atoms with Crippen molar-refractivity contribution in [3.63, 3.8) is 0 Å². The summed E-state index contributed by atoms with van der Waals surface area (Å²) in [6.07, 6.45) is -2.42. The molecule has 0 aliphatic carbocycles. The monoisotopic (exact) mass is 262 g/mol. The molecule has 0 aliphatic heterocycles. The summed E-state index contributed by atoms with van der Waals surface area (Å²) in [5.41, 5.74) is 2.84. The van der Waals surface area contributed by atoms with E-state index >= 15 is 0 Å². The number of benzene rings is 1. The molecule has 19 heavy (non-hydrogen) atoms. The number of hydrogen-bond acceptors (Lipinski definition) is 2. The Balaban J connectivity index is 1.90. The quantitative estimate of drug-likeness (QED) is 0.890. The Kier molecular flexibility index (Phi) is 4.58. The molecule has 0 unspecified atom stereocenters. The van der Waals surface area contributed by atoms with Gasteiger partial charge in [0.1, 0.15) is 0 Å². The molecule has 1 heterocycles. The first-order valence-corrected chi connectivity index (χ1v) is 6.15. The van der Waals surface area contributed by atoms with Crippen LogP contribution in [0.15, 0.2) is 42.5 Å². The second-order valence-electron chi connectivity index (χ2n) is 4.42. The van der Waals surface area contributed by atoms with Crippen molar-refractivity contribution in [3.8, 4) is 0 Å². The predicted octanol–water partition coefficient (Wildman–Crippen LogP) is 3.62. The summed E-state index contributed by atoms with van der Waals surface area (Å²) < 4.78 is 25.1. The maximum absolute atomic E-state index is 12.5. The zero-order valence-corrected chi connectivity index (χ0v) is 10.7. The highest BCUT2D eigenvalue weighted by molar-refractivity contribution is 5.24. The molecular weight excluding hydrogens is 246 g/mol. The number of nitrogens with one attached hydrogen (secondary N) is 1. The first-order valence-electron chi connectivity index (χ1n) is 6.15. The molecule has 2 rings (SSSR count). The van der Waals surface area contributed by atoms with Gasteiger partial charge in [-0.3, -0.25) is 4.98 Å². The molecule has 2 nitrogen and oxygen atoms in total. The molecule has 2 aromatic rings. The SMILES string of the molecule is Cc1cccc(CNCc2cccc(C(F)F)c2)n1. The van der Waals surface area contributed by atoms with Crippen molar-refractivity contribution >= 4 is 0 Å². The molecule has 1 N–H and O–H groups in total. The number of aryl methyl sites for hydroxylation is 1. The van der Waals surface area contributed by atoms with E-state index in [0.29, 0.717) is 13.1 Å². The number of rotatable bonds is 5. The molecule has 0 spiro atoms. The van der Waals surface area contributed by atoms with E-state index in [-0.39, 0.29) is 5.56 Å². The first kappa shape index (κ1) is 13.6. The molecule has 0 amide bonds. The van der Waals surface area contributed by atoms with Crippen LogP contribution in [0.1, 0.15) is 28.9 Å². The van der Waals surface area contributed by atoms with Gasteiger partial charge < -0.3 is 5.32 Å². The fraction of sp³-hybridized carbons (Fsp3) is 0.267. The minimum atomic E-state index is -2.42. The van der Waals surface area contributed by atoms with Crippen molar-refractivity contribution in [2.24, 2.45) is 0 Å². The number of nitrogens with zero attached hydrogens (tertiary/aromatic N) is 1. The molecule has 1 aromatic heterocycles. The lowest BCUT2D eigenvalue weighted by atomic mass is 10.1. The third kappa shape index (κ3) is 4.10. The topological polar surface area (TPSA) is 24.9 Å². The molecule has 0 saturated heterocycles. The zero-order valence-electron chi connectivity index (χ0n) is 10.7. The van der Waals surface area contributed by atoms with Gasteiger partial charge in [-0.2, -0.15) is 0 Å². The third-order valence-corrected chi connectivity index (χ3v) is 2.78. The maximum Gasteiger partial charge on any atom is 0.263 e. The Morgan fingerprint density at radius 2 is 1.89 bits per heavy atom. The maximum atomic E-state index is 12.5. The van der Waals surface area contributed by atoms with E-state index in [1.807, 2.05) is 31.2 Å². The molecule has 100 valence electrons. The average molecular weight is 262 g/mol. The van der Waals surface area contributed by atoms with Gasteiger partial charge in [0.05, 0.1) is 5.69 Å². The zero-order chi connectivity index (χ0) is 13.7. The molecule has 0 bridgehead atoms. The second-order valence-corrected chi connectivity index (χ2v) is 4.42. The van der Waals surface area contributed by atoms with Crippen LogP contribution in [0.5, 0.6) is 0 Å². The van der Waals surface area contributed by atoms with Crippen LogP contribution in [0, 0.1) is 6.92 Å². The van der Waals surface area contributed by atoms with E-state index in [2.05, 4.69) is 10.3 Å². The third-order valence-electron chi connectivity index (χ3n) is 2.78. The van der Waals surface area contributed by atoms with Gasteiger partial charge in [-0.25, -0.2) is 8.78 Å². The molecular formula is C15H16F2N2. The van der Waals surface area contributed by atoms with Gasteiger partial charge in [-0.1, -0.05) is 24.3 Å². The minimum Gasteiger partial charge on any atom is -0.307 e. The molecule has 0 saturated carbocycles. The van der Waals surface area contributed by atoms with Gasteiger partial charge in [-0.05, 0) is 30.7 Å². The summed E-state index contributed by atoms with van der Waals surface area (Å²) in [4.78, 5) is 4.37. The van der Waals surface area contributed by atoms with Crippen molar-refractivity contribution in [2.75, 3.05) is 0 Å². The smallest absolute Gasteiger partial charge is 0.263 e. The average Bonchev–Trinajstić information content (AvgIpc) is 2.39. The van der Waals surface area contributed by atoms with Crippen LogP contribution in [0.2, 0.25) is 0 Å². The number of alkyl halides is 2. The molecule has 0 radical (unpaired) electrons. The molecule has 0 atom stereocenters. The van der Waals surface area contributed by atoms with E-state index in [0.717, 1.165) is 17.0 Å². The summed E-state index contributed by atoms with van der Waals surface area (Å²) in [7, 11) is 0. The van der Waals surface area contributed by atoms with E-state index in [1.165, 1.54) is 12.1 Å². The lowest BCUT2D eigenvalue weighted by Gasteiger charge is -2.07. The molecule has 0 fully saturated rings. The Labute approximate surface area is 111 Å². The predicted molar refractivity (Wildman–Crippen MR) is 70.9 cm³/mol. The lowest BCUT2D eigenvalue weighted by molar-refractivity contribution is 0.151. The molecule has 0 aliphatic rings. The van der Waals surface area contributed by atoms with Crippen LogP contribution in [0.25, 0.3) is 0 Å². The Morgan fingerprint density at radius 1 is 1.11 bits per heavy atom. The van der Waals surface area contributed by atoms with Crippen LogP contribution in [-0.4, -0.2) is 4.98 Å². The summed E-state index contributed by atoms with van der Waals surface area (Å²) in [5, 5.41) is 3.20. The Bertz CT molecular complexity index is 541. The Hall–Kier alpha value is -1.81. The van der Waals surface area contributed by atoms with Gasteiger partial charge in [0.25, 0.3) is 6.43 Å². The Morgan fingerprint density at radius 3 is 2.63 bits per heavy atom. The highest BCUT2D eigenvalue weighted by atomic mass is 19.3. The minimum absolute atomic E-state index is 0.0629. The van der Waals surface area contributed by atoms with E-state index in [9.17, 15) is 8.78 Å². The number of aromatic nitrogens is 1. The highest BCUT2D eigenvalue weighted by Gasteiger charge is 2.06. The second kappa shape index (κ2) is 6.38. The summed E-state index contributed by atoms with van der Waals surface area (Å²) in [6, 6.07) is 12.3. The van der Waals surface area contributed by atoms with Crippen LogP contribution in [-0.2, 0) is 13.1 Å². The van der Waals surface area contributed by atoms with Crippen molar-refractivity contribution in [3.05, 3.63) is 65.0 Å². The summed E-state index contributed by atoms with van der Waals surface area (Å²) in [5.74, 6) is 0. The first-order chi connectivity index (χ1) is 9.15. The van der Waals surface area contributed by atoms with Crippen molar-refractivity contribution in [1.29, 1.82) is 0 Å². The van der Waals surface area contributed by atoms with Crippen LogP contribution in [0.3, 0.4) is 0 Å². The summed E-state index contributed by atoms with van der Waals surface area (Å²) in [6.45, 7) is 3.12. The van der Waals surface area contributed by atoms with Gasteiger partial charge in [0.2, 0.25) is 0 Å². The molecule has 1 aromatic carbocycles. The number of hydrogen-bond donors (Lipinski definition) is 1. The standard InChI is InChI=1S/C15H16F2N2/c1-11-4-2-7-14(19-11)10-18-9-12-5-3-6-13(8-12)15(16)17/h2-8,15,18H,9-10H2,1H3. The van der Waals surface area contributed by atoms with E-state index in [4.69, 9.17) is 0 Å². The van der Waals surface area contributed by atoms with Crippen molar-refractivity contribution in [1.82, 2.24) is 10.3 Å². The van der Waals surface area contributed by atoms with Crippen molar-refractivity contribution in [2.45, 2.75) is 26.4 Å². The fourth-order valence-corrected chi connectivity index (χ4v) is 1.87. The number of pyridine rings is 1. The molecule has 4 heteroatoms.